The molecule has 0 radical (unpaired) electrons. The van der Waals surface area contributed by atoms with Crippen LogP contribution in [0.4, 0.5) is 0 Å². The Morgan fingerprint density at radius 3 is 1.29 bits per heavy atom. The van der Waals surface area contributed by atoms with E-state index in [2.05, 4.69) is 0 Å². The van der Waals surface area contributed by atoms with Crippen LogP contribution in [0.3, 0.4) is 0 Å². The summed E-state index contributed by atoms with van der Waals surface area (Å²) in [5, 5.41) is 0. The highest BCUT2D eigenvalue weighted by Crippen LogP contribution is 2.53. The molecular weight excluding hydrogens is 204 g/mol. The van der Waals surface area contributed by atoms with Crippen LogP contribution in [0.25, 0.3) is 0 Å². The minimum Gasteiger partial charge on any atom is -0.0683 e. The van der Waals surface area contributed by atoms with Crippen molar-refractivity contribution >= 4 is 0 Å². The summed E-state index contributed by atoms with van der Waals surface area (Å²) in [6, 6.07) is 0. The van der Waals surface area contributed by atoms with Crippen molar-refractivity contribution in [2.75, 3.05) is 0 Å². The van der Waals surface area contributed by atoms with Gasteiger partial charge in [0.15, 0.2) is 0 Å². The topological polar surface area (TPSA) is 0 Å². The van der Waals surface area contributed by atoms with Crippen molar-refractivity contribution in [3.8, 4) is 0 Å². The summed E-state index contributed by atoms with van der Waals surface area (Å²) in [4.78, 5) is 0. The van der Waals surface area contributed by atoms with Crippen molar-refractivity contribution < 1.29 is 0 Å². The molecule has 17 heavy (non-hydrogen) atoms. The zero-order chi connectivity index (χ0) is 12.7. The Bertz CT molecular complexity index is 164. The third-order valence-electron chi connectivity index (χ3n) is 5.09. The Balaban J connectivity index is 0.000000330. The molecule has 0 saturated heterocycles. The highest BCUT2D eigenvalue weighted by molar-refractivity contribution is 4.94. The maximum absolute atomic E-state index is 2.00. The Hall–Kier alpha value is 0. The molecule has 102 valence electrons. The Morgan fingerprint density at radius 1 is 0.529 bits per heavy atom. The first kappa shape index (κ1) is 15.1. The number of rotatable bonds is 0. The van der Waals surface area contributed by atoms with E-state index >= 15 is 0 Å². The van der Waals surface area contributed by atoms with E-state index in [-0.39, 0.29) is 0 Å². The molecule has 0 amide bonds. The van der Waals surface area contributed by atoms with Crippen LogP contribution in [-0.2, 0) is 0 Å². The van der Waals surface area contributed by atoms with Gasteiger partial charge in [-0.25, -0.2) is 0 Å². The molecule has 0 aromatic heterocycles. The van der Waals surface area contributed by atoms with Gasteiger partial charge in [-0.2, -0.15) is 0 Å². The summed E-state index contributed by atoms with van der Waals surface area (Å²) < 4.78 is 0. The fourth-order valence-electron chi connectivity index (χ4n) is 4.57. The third-order valence-corrected chi connectivity index (χ3v) is 5.09. The molecule has 0 N–H and O–H groups in total. The van der Waals surface area contributed by atoms with Crippen molar-refractivity contribution in [3.63, 3.8) is 0 Å². The fourth-order valence-corrected chi connectivity index (χ4v) is 4.57. The van der Waals surface area contributed by atoms with Crippen LogP contribution in [-0.4, -0.2) is 0 Å². The summed E-state index contributed by atoms with van der Waals surface area (Å²) in [5.41, 5.74) is 0. The van der Waals surface area contributed by atoms with Gasteiger partial charge in [0.2, 0.25) is 0 Å². The summed E-state index contributed by atoms with van der Waals surface area (Å²) in [7, 11) is 0. The predicted molar refractivity (Wildman–Crippen MR) is 78.2 cm³/mol. The molecule has 0 heteroatoms. The number of hydrogen-bond acceptors (Lipinski definition) is 0. The van der Waals surface area contributed by atoms with Gasteiger partial charge in [0.25, 0.3) is 0 Å². The van der Waals surface area contributed by atoms with Gasteiger partial charge in [0.1, 0.15) is 0 Å². The lowest BCUT2D eigenvalue weighted by molar-refractivity contribution is 0.184. The second-order valence-corrected chi connectivity index (χ2v) is 5.65. The van der Waals surface area contributed by atoms with Crippen LogP contribution < -0.4 is 0 Å². The van der Waals surface area contributed by atoms with Gasteiger partial charge in [-0.05, 0) is 42.9 Å². The standard InChI is InChI=1S/C13H22.2C2H6/c1-3-7-12-10(5-1)9-11-6-2-4-8-13(11)12;2*1-2/h10-13H,1-9H2;2*1-2H3. The van der Waals surface area contributed by atoms with Gasteiger partial charge in [-0.1, -0.05) is 66.2 Å². The van der Waals surface area contributed by atoms with E-state index in [0.717, 1.165) is 0 Å². The lowest BCUT2D eigenvalue weighted by Crippen LogP contribution is -2.22. The van der Waals surface area contributed by atoms with Crippen LogP contribution in [0.15, 0.2) is 0 Å². The maximum Gasteiger partial charge on any atom is -0.0355 e. The van der Waals surface area contributed by atoms with E-state index in [9.17, 15) is 0 Å². The van der Waals surface area contributed by atoms with E-state index in [1.807, 2.05) is 27.7 Å². The monoisotopic (exact) mass is 238 g/mol. The summed E-state index contributed by atoms with van der Waals surface area (Å²) in [6.07, 6.45) is 14.1. The van der Waals surface area contributed by atoms with E-state index in [0.29, 0.717) is 0 Å². The van der Waals surface area contributed by atoms with Gasteiger partial charge in [0, 0.05) is 0 Å². The average molecular weight is 238 g/mol. The number of hydrogen-bond donors (Lipinski definition) is 0. The predicted octanol–water partition coefficient (Wildman–Crippen LogP) is 6.06. The molecule has 3 aliphatic carbocycles. The van der Waals surface area contributed by atoms with Crippen LogP contribution >= 0.6 is 0 Å². The molecule has 0 nitrogen and oxygen atoms in total. The van der Waals surface area contributed by atoms with Gasteiger partial charge in [-0.15, -0.1) is 0 Å². The summed E-state index contributed by atoms with van der Waals surface area (Å²) in [5.74, 6) is 4.70. The number of fused-ring (bicyclic) bond motifs is 3. The first-order chi connectivity index (χ1) is 8.45. The second-order valence-electron chi connectivity index (χ2n) is 5.65. The SMILES string of the molecule is C1CCC2C(C1)CC1CCCCC12.CC.CC. The lowest BCUT2D eigenvalue weighted by atomic mass is 9.73. The van der Waals surface area contributed by atoms with Gasteiger partial charge >= 0.3 is 0 Å². The molecule has 0 bridgehead atoms. The molecule has 3 saturated carbocycles. The van der Waals surface area contributed by atoms with Crippen molar-refractivity contribution in [1.29, 1.82) is 0 Å². The van der Waals surface area contributed by atoms with Gasteiger partial charge < -0.3 is 0 Å². The van der Waals surface area contributed by atoms with Crippen molar-refractivity contribution in [2.24, 2.45) is 23.7 Å². The van der Waals surface area contributed by atoms with E-state index < -0.39 is 0 Å². The normalized spacial score (nSPS) is 38.8. The second kappa shape index (κ2) is 8.16. The molecule has 4 unspecified atom stereocenters. The van der Waals surface area contributed by atoms with E-state index in [1.165, 1.54) is 23.7 Å². The molecule has 0 aromatic carbocycles. The zero-order valence-corrected chi connectivity index (χ0v) is 12.7. The summed E-state index contributed by atoms with van der Waals surface area (Å²) >= 11 is 0. The Morgan fingerprint density at radius 2 is 0.882 bits per heavy atom. The van der Waals surface area contributed by atoms with Crippen molar-refractivity contribution in [2.45, 2.75) is 85.5 Å². The maximum atomic E-state index is 2.00. The molecule has 0 aromatic rings. The quantitative estimate of drug-likeness (QED) is 0.481. The summed E-state index contributed by atoms with van der Waals surface area (Å²) in [6.45, 7) is 8.00. The molecular formula is C17H34. The van der Waals surface area contributed by atoms with Crippen molar-refractivity contribution in [1.82, 2.24) is 0 Å². The van der Waals surface area contributed by atoms with Crippen LogP contribution in [0.1, 0.15) is 85.5 Å². The van der Waals surface area contributed by atoms with Gasteiger partial charge in [0.05, 0.1) is 0 Å². The smallest absolute Gasteiger partial charge is 0.0355 e. The molecule has 0 aliphatic heterocycles. The molecule has 3 rings (SSSR count). The zero-order valence-electron chi connectivity index (χ0n) is 12.7. The lowest BCUT2D eigenvalue weighted by Gasteiger charge is -2.32. The van der Waals surface area contributed by atoms with E-state index in [1.54, 1.807) is 57.8 Å². The third kappa shape index (κ3) is 3.48. The molecule has 4 atom stereocenters. The minimum absolute atomic E-state index is 1.17. The Labute approximate surface area is 110 Å². The highest BCUT2D eigenvalue weighted by atomic mass is 14.5. The molecule has 0 heterocycles. The van der Waals surface area contributed by atoms with Crippen molar-refractivity contribution in [3.05, 3.63) is 0 Å². The Kier molecular flexibility index (Phi) is 7.23. The fraction of sp³-hybridized carbons (Fsp3) is 1.00. The first-order valence-corrected chi connectivity index (χ1v) is 8.45. The molecule has 3 fully saturated rings. The largest absolute Gasteiger partial charge is 0.0683 e. The van der Waals surface area contributed by atoms with E-state index in [4.69, 9.17) is 0 Å². The van der Waals surface area contributed by atoms with Crippen LogP contribution in [0.5, 0.6) is 0 Å². The van der Waals surface area contributed by atoms with Gasteiger partial charge in [-0.3, -0.25) is 0 Å². The molecule has 0 spiro atoms. The highest BCUT2D eigenvalue weighted by Gasteiger charge is 2.43. The van der Waals surface area contributed by atoms with Crippen LogP contribution in [0.2, 0.25) is 0 Å². The van der Waals surface area contributed by atoms with Crippen LogP contribution in [0, 0.1) is 23.7 Å². The molecule has 3 aliphatic rings. The first-order valence-electron chi connectivity index (χ1n) is 8.45. The average Bonchev–Trinajstić information content (AvgIpc) is 2.82. The minimum atomic E-state index is 1.17.